The predicted molar refractivity (Wildman–Crippen MR) is 167 cm³/mol. The number of esters is 1. The van der Waals surface area contributed by atoms with Crippen LogP contribution in [0.5, 0.6) is 5.75 Å². The zero-order valence-corrected chi connectivity index (χ0v) is 26.6. The molecular formula is C32H45N7O4. The summed E-state index contributed by atoms with van der Waals surface area (Å²) in [5.41, 5.74) is 2.69. The molecule has 1 fully saturated rings. The Bertz CT molecular complexity index is 1490. The lowest BCUT2D eigenvalue weighted by Gasteiger charge is -2.35. The normalized spacial score (nSPS) is 16.1. The Kier molecular flexibility index (Phi) is 8.54. The van der Waals surface area contributed by atoms with Gasteiger partial charge in [0, 0.05) is 48.6 Å². The topological polar surface area (TPSA) is 114 Å². The number of aromatic nitrogens is 4. The molecule has 232 valence electrons. The van der Waals surface area contributed by atoms with Gasteiger partial charge in [0.1, 0.15) is 28.7 Å². The molecule has 2 aliphatic rings. The lowest BCUT2D eigenvalue weighted by molar-refractivity contribution is -0.162. The van der Waals surface area contributed by atoms with Gasteiger partial charge in [0.25, 0.3) is 0 Å². The number of nitrogens with zero attached hydrogens (tertiary/aromatic N) is 6. The maximum atomic E-state index is 13.6. The molecule has 0 radical (unpaired) electrons. The van der Waals surface area contributed by atoms with Gasteiger partial charge >= 0.3 is 12.0 Å². The zero-order chi connectivity index (χ0) is 30.9. The van der Waals surface area contributed by atoms with Crippen molar-refractivity contribution < 1.29 is 19.1 Å². The first-order valence-electron chi connectivity index (χ1n) is 15.5. The molecule has 1 aliphatic heterocycles. The summed E-state index contributed by atoms with van der Waals surface area (Å²) in [6, 6.07) is 3.55. The molecule has 43 heavy (non-hydrogen) atoms. The number of anilines is 3. The zero-order valence-electron chi connectivity index (χ0n) is 26.6. The number of nitrogens with one attached hydrogen (secondary N) is 1. The Morgan fingerprint density at radius 3 is 2.63 bits per heavy atom. The third-order valence-corrected chi connectivity index (χ3v) is 8.25. The predicted octanol–water partition coefficient (Wildman–Crippen LogP) is 5.79. The number of aryl methyl sites for hydroxylation is 1. The highest BCUT2D eigenvalue weighted by atomic mass is 16.6. The van der Waals surface area contributed by atoms with Crippen molar-refractivity contribution in [2.45, 2.75) is 86.2 Å². The number of hydrogen-bond acceptors (Lipinski definition) is 8. The van der Waals surface area contributed by atoms with Crippen molar-refractivity contribution in [2.75, 3.05) is 41.4 Å². The van der Waals surface area contributed by atoms with Gasteiger partial charge in [-0.1, -0.05) is 13.8 Å². The van der Waals surface area contributed by atoms with Gasteiger partial charge in [-0.25, -0.2) is 19.3 Å². The number of carbonyl (C=O) groups is 2. The molecule has 1 saturated carbocycles. The molecule has 4 heterocycles. The van der Waals surface area contributed by atoms with Gasteiger partial charge in [-0.2, -0.15) is 5.10 Å². The molecule has 1 unspecified atom stereocenters. The lowest BCUT2D eigenvalue weighted by Crippen LogP contribution is -2.40. The van der Waals surface area contributed by atoms with Crippen molar-refractivity contribution in [1.29, 1.82) is 0 Å². The number of carbonyl (C=O) groups excluding carboxylic acids is 2. The van der Waals surface area contributed by atoms with Crippen molar-refractivity contribution in [2.24, 2.45) is 11.3 Å². The van der Waals surface area contributed by atoms with E-state index in [1.165, 1.54) is 0 Å². The minimum Gasteiger partial charge on any atom is -0.491 e. The summed E-state index contributed by atoms with van der Waals surface area (Å²) in [7, 11) is 0. The van der Waals surface area contributed by atoms with Crippen molar-refractivity contribution in [3.8, 4) is 5.75 Å². The van der Waals surface area contributed by atoms with Gasteiger partial charge in [0.05, 0.1) is 18.7 Å². The SMILES string of the molecule is CCCN(CC1(C(CC)C(=O)OC(C)(C)C)CC1)c1ccnc2c1CCN2C(=O)Nc1cn2nc(C)nc2cc1OCC. The molecule has 11 nitrogen and oxygen atoms in total. The van der Waals surface area contributed by atoms with Crippen LogP contribution in [0.25, 0.3) is 5.65 Å². The van der Waals surface area contributed by atoms with Gasteiger partial charge in [-0.05, 0) is 72.8 Å². The number of hydrogen-bond donors (Lipinski definition) is 1. The Balaban J connectivity index is 1.38. The van der Waals surface area contributed by atoms with Crippen LogP contribution in [0.1, 0.15) is 78.6 Å². The summed E-state index contributed by atoms with van der Waals surface area (Å²) in [6.07, 6.45) is 7.93. The maximum Gasteiger partial charge on any atom is 0.327 e. The highest BCUT2D eigenvalue weighted by molar-refractivity contribution is 6.03. The van der Waals surface area contributed by atoms with Gasteiger partial charge in [-0.15, -0.1) is 0 Å². The number of pyridine rings is 2. The van der Waals surface area contributed by atoms with Gasteiger partial charge in [0.2, 0.25) is 0 Å². The first-order chi connectivity index (χ1) is 20.5. The van der Waals surface area contributed by atoms with E-state index in [4.69, 9.17) is 9.47 Å². The van der Waals surface area contributed by atoms with E-state index in [1.54, 1.807) is 27.9 Å². The largest absolute Gasteiger partial charge is 0.491 e. The standard InChI is InChI=1S/C32H45N7O4/c1-8-16-37(20-32(13-14-32)23(9-2)29(40)43-31(5,6)7)25-11-15-33-28-22(25)12-17-38(28)30(41)35-24-19-39-27(34-21(4)36-39)18-26(24)42-10-3/h11,15,18-19,23H,8-10,12-14,16-17,20H2,1-7H3,(H,35,41). The van der Waals surface area contributed by atoms with Crippen LogP contribution in [-0.4, -0.2) is 63.4 Å². The molecule has 3 aromatic heterocycles. The smallest absolute Gasteiger partial charge is 0.327 e. The van der Waals surface area contributed by atoms with Crippen LogP contribution in [-0.2, 0) is 16.0 Å². The molecule has 11 heteroatoms. The second-order valence-corrected chi connectivity index (χ2v) is 12.7. The van der Waals surface area contributed by atoms with Crippen LogP contribution in [0.4, 0.5) is 22.0 Å². The van der Waals surface area contributed by atoms with Crippen LogP contribution < -0.4 is 19.9 Å². The highest BCUT2D eigenvalue weighted by Crippen LogP contribution is 2.55. The fraction of sp³-hybridized carbons (Fsp3) is 0.594. The summed E-state index contributed by atoms with van der Waals surface area (Å²) in [5.74, 6) is 1.59. The van der Waals surface area contributed by atoms with Crippen molar-refractivity contribution in [1.82, 2.24) is 19.6 Å². The first-order valence-corrected chi connectivity index (χ1v) is 15.5. The number of fused-ring (bicyclic) bond motifs is 2. The minimum atomic E-state index is -0.511. The Hall–Kier alpha value is -3.89. The molecular weight excluding hydrogens is 546 g/mol. The molecule has 1 N–H and O–H groups in total. The summed E-state index contributed by atoms with van der Waals surface area (Å²) in [6.45, 7) is 16.3. The number of rotatable bonds is 11. The summed E-state index contributed by atoms with van der Waals surface area (Å²) in [5, 5.41) is 7.41. The Morgan fingerprint density at radius 2 is 1.98 bits per heavy atom. The third-order valence-electron chi connectivity index (χ3n) is 8.25. The Morgan fingerprint density at radius 1 is 1.21 bits per heavy atom. The average molecular weight is 592 g/mol. The Labute approximate surface area is 254 Å². The van der Waals surface area contributed by atoms with Crippen LogP contribution in [0, 0.1) is 18.3 Å². The van der Waals surface area contributed by atoms with Crippen LogP contribution >= 0.6 is 0 Å². The molecule has 0 aromatic carbocycles. The fourth-order valence-corrected chi connectivity index (χ4v) is 6.27. The summed E-state index contributed by atoms with van der Waals surface area (Å²) < 4.78 is 13.3. The van der Waals surface area contributed by atoms with Crippen LogP contribution in [0.2, 0.25) is 0 Å². The van der Waals surface area contributed by atoms with Crippen molar-refractivity contribution >= 4 is 34.8 Å². The molecule has 5 rings (SSSR count). The molecule has 1 atom stereocenters. The van der Waals surface area contributed by atoms with E-state index in [1.807, 2.05) is 34.6 Å². The molecule has 0 saturated heterocycles. The van der Waals surface area contributed by atoms with E-state index in [9.17, 15) is 9.59 Å². The van der Waals surface area contributed by atoms with Gasteiger partial charge in [0.15, 0.2) is 5.65 Å². The van der Waals surface area contributed by atoms with Gasteiger partial charge in [-0.3, -0.25) is 9.69 Å². The third kappa shape index (κ3) is 6.40. The molecule has 0 spiro atoms. The van der Waals surface area contributed by atoms with Gasteiger partial charge < -0.3 is 19.7 Å². The summed E-state index contributed by atoms with van der Waals surface area (Å²) >= 11 is 0. The minimum absolute atomic E-state index is 0.0996. The van der Waals surface area contributed by atoms with Crippen LogP contribution in [0.15, 0.2) is 24.5 Å². The number of urea groups is 1. The van der Waals surface area contributed by atoms with E-state index in [2.05, 4.69) is 45.2 Å². The average Bonchev–Trinajstić information content (AvgIpc) is 3.40. The van der Waals surface area contributed by atoms with Crippen molar-refractivity contribution in [3.05, 3.63) is 35.9 Å². The molecule has 2 amide bonds. The van der Waals surface area contributed by atoms with Crippen LogP contribution in [0.3, 0.4) is 0 Å². The molecule has 3 aromatic rings. The highest BCUT2D eigenvalue weighted by Gasteiger charge is 2.53. The molecule has 1 aliphatic carbocycles. The van der Waals surface area contributed by atoms with E-state index < -0.39 is 5.60 Å². The first kappa shape index (κ1) is 30.6. The monoisotopic (exact) mass is 591 g/mol. The lowest BCUT2D eigenvalue weighted by atomic mass is 9.85. The van der Waals surface area contributed by atoms with E-state index >= 15 is 0 Å². The van der Waals surface area contributed by atoms with E-state index in [0.717, 1.165) is 50.0 Å². The van der Waals surface area contributed by atoms with E-state index in [-0.39, 0.29) is 23.3 Å². The second-order valence-electron chi connectivity index (χ2n) is 12.7. The maximum absolute atomic E-state index is 13.6. The summed E-state index contributed by atoms with van der Waals surface area (Å²) in [4.78, 5) is 40.0. The number of amides is 2. The quantitative estimate of drug-likeness (QED) is 0.279. The fourth-order valence-electron chi connectivity index (χ4n) is 6.27. The second kappa shape index (κ2) is 12.0. The number of ether oxygens (including phenoxy) is 2. The molecule has 0 bridgehead atoms. The van der Waals surface area contributed by atoms with Crippen molar-refractivity contribution in [3.63, 3.8) is 0 Å². The van der Waals surface area contributed by atoms with E-state index in [0.29, 0.717) is 48.3 Å².